The van der Waals surface area contributed by atoms with Gasteiger partial charge in [0.15, 0.2) is 0 Å². The van der Waals surface area contributed by atoms with Gasteiger partial charge >= 0.3 is 0 Å². The molecule has 4 heterocycles. The van der Waals surface area contributed by atoms with Gasteiger partial charge in [0, 0.05) is 17.3 Å². The van der Waals surface area contributed by atoms with Crippen molar-refractivity contribution >= 4 is 11.0 Å². The third kappa shape index (κ3) is 3.31. The van der Waals surface area contributed by atoms with Crippen molar-refractivity contribution < 1.29 is 5.11 Å². The number of hydrogen-bond donors (Lipinski definition) is 1. The van der Waals surface area contributed by atoms with E-state index in [2.05, 4.69) is 64.1 Å². The second kappa shape index (κ2) is 8.75. The maximum Gasteiger partial charge on any atom is 0.150 e. The van der Waals surface area contributed by atoms with Crippen LogP contribution in [0, 0.1) is 0 Å². The summed E-state index contributed by atoms with van der Waals surface area (Å²) < 4.78 is 2.17. The number of nitrogens with zero attached hydrogens (tertiary/aromatic N) is 4. The van der Waals surface area contributed by atoms with Crippen LogP contribution in [-0.2, 0) is 0 Å². The Morgan fingerprint density at radius 2 is 1.15 bits per heavy atom. The van der Waals surface area contributed by atoms with Crippen molar-refractivity contribution in [2.24, 2.45) is 0 Å². The highest BCUT2D eigenvalue weighted by Gasteiger charge is 2.27. The summed E-state index contributed by atoms with van der Waals surface area (Å²) in [7, 11) is 0. The van der Waals surface area contributed by atoms with E-state index in [0.717, 1.165) is 61.6 Å². The summed E-state index contributed by atoms with van der Waals surface area (Å²) in [6.07, 6.45) is 1.78. The molecule has 7 aromatic rings. The number of aromatic nitrogens is 4. The van der Waals surface area contributed by atoms with Gasteiger partial charge in [-0.2, -0.15) is 0 Å². The minimum absolute atomic E-state index is 0.195. The van der Waals surface area contributed by atoms with Crippen molar-refractivity contribution in [1.29, 1.82) is 0 Å². The number of fused-ring (bicyclic) bond motifs is 10. The zero-order valence-electron chi connectivity index (χ0n) is 21.4. The van der Waals surface area contributed by atoms with E-state index in [1.807, 2.05) is 60.7 Å². The standard InChI is InChI=1S/C35H22N4O/c40-32-20-8-13-25-23-11-2-1-10-22(23)24-12-3-4-18-30(24)39-31-19-7-14-26(34(31)38-35(39)33(25)32)27-16-9-17-29(37-27)28-15-5-6-21-36-28/h1-21,40H. The van der Waals surface area contributed by atoms with Gasteiger partial charge in [-0.25, -0.2) is 9.97 Å². The molecule has 40 heavy (non-hydrogen) atoms. The molecule has 0 saturated heterocycles. The Kier molecular flexibility index (Phi) is 4.91. The van der Waals surface area contributed by atoms with Crippen molar-refractivity contribution in [3.63, 3.8) is 0 Å². The SMILES string of the molecule is Oc1cccc2c1-c1nc3c(-c4cccc(-c5ccccn5)n4)cccc3n1-c1ccccc1-c1ccccc1-2. The topological polar surface area (TPSA) is 63.8 Å². The maximum atomic E-state index is 11.3. The van der Waals surface area contributed by atoms with E-state index >= 15 is 0 Å². The van der Waals surface area contributed by atoms with Crippen molar-refractivity contribution in [1.82, 2.24) is 19.5 Å². The van der Waals surface area contributed by atoms with Crippen LogP contribution >= 0.6 is 0 Å². The molecular formula is C35H22N4O. The van der Waals surface area contributed by atoms with E-state index in [-0.39, 0.29) is 5.75 Å². The van der Waals surface area contributed by atoms with E-state index in [9.17, 15) is 5.11 Å². The number of para-hydroxylation sites is 2. The molecule has 1 aliphatic heterocycles. The largest absolute Gasteiger partial charge is 0.507 e. The fourth-order valence-corrected chi connectivity index (χ4v) is 5.81. The molecule has 5 heteroatoms. The number of aromatic hydroxyl groups is 1. The second-order valence-corrected chi connectivity index (χ2v) is 9.83. The molecule has 0 atom stereocenters. The molecule has 188 valence electrons. The van der Waals surface area contributed by atoms with Crippen LogP contribution in [0.5, 0.6) is 5.75 Å². The third-order valence-electron chi connectivity index (χ3n) is 7.56. The van der Waals surface area contributed by atoms with Gasteiger partial charge in [-0.05, 0) is 59.2 Å². The molecule has 3 aromatic heterocycles. The number of benzene rings is 4. The van der Waals surface area contributed by atoms with Crippen molar-refractivity contribution in [3.05, 3.63) is 128 Å². The van der Waals surface area contributed by atoms with Gasteiger partial charge in [0.1, 0.15) is 11.6 Å². The maximum absolute atomic E-state index is 11.3. The zero-order chi connectivity index (χ0) is 26.6. The van der Waals surface area contributed by atoms with Gasteiger partial charge in [-0.15, -0.1) is 0 Å². The normalized spacial score (nSPS) is 11.6. The van der Waals surface area contributed by atoms with E-state index in [1.54, 1.807) is 12.3 Å². The van der Waals surface area contributed by atoms with Gasteiger partial charge in [-0.3, -0.25) is 9.55 Å². The Labute approximate surface area is 230 Å². The molecule has 0 bridgehead atoms. The molecule has 5 nitrogen and oxygen atoms in total. The first-order valence-corrected chi connectivity index (χ1v) is 13.2. The first-order chi connectivity index (χ1) is 19.8. The van der Waals surface area contributed by atoms with Gasteiger partial charge in [0.05, 0.1) is 39.4 Å². The summed E-state index contributed by atoms with van der Waals surface area (Å²) in [5.74, 6) is 0.887. The summed E-state index contributed by atoms with van der Waals surface area (Å²) in [6.45, 7) is 0. The number of hydrogen-bond acceptors (Lipinski definition) is 4. The van der Waals surface area contributed by atoms with Crippen LogP contribution in [-0.4, -0.2) is 24.6 Å². The molecule has 1 aliphatic rings. The summed E-state index contributed by atoms with van der Waals surface area (Å²) in [6, 6.07) is 40.4. The van der Waals surface area contributed by atoms with Crippen LogP contribution in [0.2, 0.25) is 0 Å². The van der Waals surface area contributed by atoms with Crippen LogP contribution in [0.3, 0.4) is 0 Å². The molecule has 0 spiro atoms. The Morgan fingerprint density at radius 3 is 2.00 bits per heavy atom. The van der Waals surface area contributed by atoms with Gasteiger partial charge in [-0.1, -0.05) is 78.9 Å². The van der Waals surface area contributed by atoms with E-state index in [0.29, 0.717) is 11.4 Å². The lowest BCUT2D eigenvalue weighted by Gasteiger charge is -2.22. The average Bonchev–Trinajstić information content (AvgIpc) is 3.39. The molecule has 4 aromatic carbocycles. The number of phenolic OH excluding ortho intramolecular Hbond substituents is 1. The Hall–Kier alpha value is -5.55. The van der Waals surface area contributed by atoms with E-state index in [4.69, 9.17) is 9.97 Å². The first-order valence-electron chi connectivity index (χ1n) is 13.2. The Balaban J connectivity index is 1.47. The summed E-state index contributed by atoms with van der Waals surface area (Å²) >= 11 is 0. The second-order valence-electron chi connectivity index (χ2n) is 9.83. The minimum atomic E-state index is 0.195. The molecule has 1 N–H and O–H groups in total. The highest BCUT2D eigenvalue weighted by molar-refractivity contribution is 6.02. The highest BCUT2D eigenvalue weighted by Crippen LogP contribution is 2.48. The molecule has 8 rings (SSSR count). The molecule has 0 radical (unpaired) electrons. The fraction of sp³-hybridized carbons (Fsp3) is 0. The lowest BCUT2D eigenvalue weighted by atomic mass is 9.89. The number of phenols is 1. The van der Waals surface area contributed by atoms with Crippen molar-refractivity contribution in [2.75, 3.05) is 0 Å². The number of pyridine rings is 2. The van der Waals surface area contributed by atoms with Gasteiger partial charge < -0.3 is 5.11 Å². The molecule has 0 saturated carbocycles. The summed E-state index contributed by atoms with van der Waals surface area (Å²) in [5, 5.41) is 11.3. The predicted molar refractivity (Wildman–Crippen MR) is 159 cm³/mol. The Bertz CT molecular complexity index is 2080. The van der Waals surface area contributed by atoms with Crippen LogP contribution in [0.1, 0.15) is 0 Å². The molecular weight excluding hydrogens is 492 g/mol. The highest BCUT2D eigenvalue weighted by atomic mass is 16.3. The van der Waals surface area contributed by atoms with Crippen molar-refractivity contribution in [2.45, 2.75) is 0 Å². The van der Waals surface area contributed by atoms with Crippen LogP contribution in [0.25, 0.3) is 73.0 Å². The van der Waals surface area contributed by atoms with Crippen molar-refractivity contribution in [3.8, 4) is 67.7 Å². The summed E-state index contributed by atoms with van der Waals surface area (Å²) in [4.78, 5) is 14.7. The minimum Gasteiger partial charge on any atom is -0.507 e. The monoisotopic (exact) mass is 514 g/mol. The van der Waals surface area contributed by atoms with Gasteiger partial charge in [0.25, 0.3) is 0 Å². The van der Waals surface area contributed by atoms with E-state index in [1.165, 1.54) is 0 Å². The average molecular weight is 515 g/mol. The molecule has 0 unspecified atom stereocenters. The lowest BCUT2D eigenvalue weighted by molar-refractivity contribution is 0.477. The summed E-state index contributed by atoms with van der Waals surface area (Å²) in [5.41, 5.74) is 11.0. The Morgan fingerprint density at radius 1 is 0.500 bits per heavy atom. The van der Waals surface area contributed by atoms with Crippen LogP contribution < -0.4 is 0 Å². The molecule has 0 amide bonds. The molecule has 0 fully saturated rings. The lowest BCUT2D eigenvalue weighted by Crippen LogP contribution is -2.04. The quantitative estimate of drug-likeness (QED) is 0.253. The third-order valence-corrected chi connectivity index (χ3v) is 7.56. The van der Waals surface area contributed by atoms with Crippen LogP contribution in [0.4, 0.5) is 0 Å². The fourth-order valence-electron chi connectivity index (χ4n) is 5.81. The molecule has 0 aliphatic carbocycles. The van der Waals surface area contributed by atoms with E-state index < -0.39 is 0 Å². The number of rotatable bonds is 2. The van der Waals surface area contributed by atoms with Gasteiger partial charge in [0.2, 0.25) is 0 Å². The smallest absolute Gasteiger partial charge is 0.150 e. The first kappa shape index (κ1) is 22.4. The predicted octanol–water partition coefficient (Wildman–Crippen LogP) is 8.17. The number of imidazole rings is 1. The van der Waals surface area contributed by atoms with Crippen LogP contribution in [0.15, 0.2) is 128 Å². The zero-order valence-corrected chi connectivity index (χ0v) is 21.4.